The maximum absolute atomic E-state index is 8.89. The third kappa shape index (κ3) is 2.27. The molecule has 0 fully saturated rings. The monoisotopic (exact) mass is 262 g/mol. The average molecular weight is 262 g/mol. The molecule has 0 bridgehead atoms. The molecule has 0 N–H and O–H groups in total. The quantitative estimate of drug-likeness (QED) is 0.709. The number of pyridine rings is 1. The second kappa shape index (κ2) is 4.94. The Morgan fingerprint density at radius 3 is 2.55 bits per heavy atom. The fourth-order valence-corrected chi connectivity index (χ4v) is 1.77. The van der Waals surface area contributed by atoms with Crippen LogP contribution in [0, 0.1) is 18.3 Å². The van der Waals surface area contributed by atoms with Crippen molar-refractivity contribution in [1.29, 1.82) is 5.26 Å². The highest BCUT2D eigenvalue weighted by atomic mass is 16.4. The van der Waals surface area contributed by atoms with Gasteiger partial charge in [-0.25, -0.2) is 0 Å². The van der Waals surface area contributed by atoms with E-state index in [0.29, 0.717) is 17.3 Å². The summed E-state index contributed by atoms with van der Waals surface area (Å²) < 4.78 is 5.62. The standard InChI is InChI=1S/C15H10N4O/c1-10-5-6-13(9-17-10)15-19-18-14(20-15)12-4-2-3-11(7-12)8-16/h2-7,9H,1H3. The molecular weight excluding hydrogens is 252 g/mol. The maximum atomic E-state index is 8.89. The first kappa shape index (κ1) is 12.1. The molecule has 20 heavy (non-hydrogen) atoms. The van der Waals surface area contributed by atoms with Crippen LogP contribution in [0.25, 0.3) is 22.9 Å². The molecule has 5 heteroatoms. The van der Waals surface area contributed by atoms with Gasteiger partial charge in [0.1, 0.15) is 0 Å². The van der Waals surface area contributed by atoms with Crippen LogP contribution < -0.4 is 0 Å². The maximum Gasteiger partial charge on any atom is 0.249 e. The van der Waals surface area contributed by atoms with Crippen LogP contribution in [0.1, 0.15) is 11.3 Å². The zero-order chi connectivity index (χ0) is 13.9. The Kier molecular flexibility index (Phi) is 2.98. The lowest BCUT2D eigenvalue weighted by Gasteiger charge is -1.96. The third-order valence-electron chi connectivity index (χ3n) is 2.82. The molecule has 96 valence electrons. The molecule has 2 heterocycles. The van der Waals surface area contributed by atoms with Crippen molar-refractivity contribution in [3.63, 3.8) is 0 Å². The Hall–Kier alpha value is -3.00. The van der Waals surface area contributed by atoms with Crippen LogP contribution in [0.5, 0.6) is 0 Å². The smallest absolute Gasteiger partial charge is 0.249 e. The van der Waals surface area contributed by atoms with Crippen molar-refractivity contribution in [3.8, 4) is 29.0 Å². The SMILES string of the molecule is Cc1ccc(-c2nnc(-c3cccc(C#N)c3)o2)cn1. The van der Waals surface area contributed by atoms with Gasteiger partial charge in [0.25, 0.3) is 0 Å². The summed E-state index contributed by atoms with van der Waals surface area (Å²) in [5.41, 5.74) is 2.98. The number of hydrogen-bond donors (Lipinski definition) is 0. The van der Waals surface area contributed by atoms with Crippen molar-refractivity contribution in [2.24, 2.45) is 0 Å². The summed E-state index contributed by atoms with van der Waals surface area (Å²) in [5, 5.41) is 16.9. The molecule has 0 aliphatic rings. The van der Waals surface area contributed by atoms with Gasteiger partial charge >= 0.3 is 0 Å². The molecule has 3 rings (SSSR count). The van der Waals surface area contributed by atoms with Crippen molar-refractivity contribution < 1.29 is 4.42 Å². The molecule has 2 aromatic heterocycles. The molecule has 0 aliphatic carbocycles. The van der Waals surface area contributed by atoms with Gasteiger partial charge in [-0.2, -0.15) is 5.26 Å². The minimum absolute atomic E-state index is 0.387. The summed E-state index contributed by atoms with van der Waals surface area (Å²) in [7, 11) is 0. The Morgan fingerprint density at radius 2 is 1.85 bits per heavy atom. The van der Waals surface area contributed by atoms with Crippen LogP contribution in [0.2, 0.25) is 0 Å². The molecule has 0 spiro atoms. The number of aromatic nitrogens is 3. The predicted molar refractivity (Wildman–Crippen MR) is 72.4 cm³/mol. The Balaban J connectivity index is 1.97. The summed E-state index contributed by atoms with van der Waals surface area (Å²) in [6.45, 7) is 1.91. The Morgan fingerprint density at radius 1 is 1.05 bits per heavy atom. The summed E-state index contributed by atoms with van der Waals surface area (Å²) in [6, 6.07) is 12.9. The molecule has 0 atom stereocenters. The van der Waals surface area contributed by atoms with Crippen molar-refractivity contribution in [3.05, 3.63) is 53.9 Å². The minimum atomic E-state index is 0.387. The lowest BCUT2D eigenvalue weighted by Crippen LogP contribution is -1.82. The van der Waals surface area contributed by atoms with E-state index in [4.69, 9.17) is 9.68 Å². The Labute approximate surface area is 115 Å². The van der Waals surface area contributed by atoms with E-state index in [1.807, 2.05) is 25.1 Å². The molecule has 0 aliphatic heterocycles. The van der Waals surface area contributed by atoms with E-state index in [1.54, 1.807) is 24.4 Å². The number of hydrogen-bond acceptors (Lipinski definition) is 5. The lowest BCUT2D eigenvalue weighted by molar-refractivity contribution is 0.584. The van der Waals surface area contributed by atoms with Crippen LogP contribution in [-0.2, 0) is 0 Å². The molecule has 0 saturated carbocycles. The van der Waals surface area contributed by atoms with Crippen LogP contribution in [0.3, 0.4) is 0 Å². The van der Waals surface area contributed by atoms with Crippen molar-refractivity contribution in [2.75, 3.05) is 0 Å². The average Bonchev–Trinajstić information content (AvgIpc) is 2.98. The summed E-state index contributed by atoms with van der Waals surface area (Å²) in [6.07, 6.45) is 1.69. The van der Waals surface area contributed by atoms with E-state index >= 15 is 0 Å². The lowest BCUT2D eigenvalue weighted by atomic mass is 10.1. The van der Waals surface area contributed by atoms with Gasteiger partial charge in [0.05, 0.1) is 17.2 Å². The molecule has 3 aromatic rings. The number of aryl methyl sites for hydroxylation is 1. The Bertz CT molecular complexity index is 784. The second-order valence-electron chi connectivity index (χ2n) is 4.29. The molecule has 0 unspecified atom stereocenters. The van der Waals surface area contributed by atoms with Gasteiger partial charge in [0.2, 0.25) is 11.8 Å². The number of rotatable bonds is 2. The van der Waals surface area contributed by atoms with Gasteiger partial charge < -0.3 is 4.42 Å². The van der Waals surface area contributed by atoms with Gasteiger partial charge in [-0.05, 0) is 37.3 Å². The number of benzene rings is 1. The van der Waals surface area contributed by atoms with Gasteiger partial charge in [0, 0.05) is 17.5 Å². The molecule has 5 nitrogen and oxygen atoms in total. The normalized spacial score (nSPS) is 10.2. The second-order valence-corrected chi connectivity index (χ2v) is 4.29. The van der Waals surface area contributed by atoms with E-state index < -0.39 is 0 Å². The van der Waals surface area contributed by atoms with E-state index in [1.165, 1.54) is 0 Å². The zero-order valence-electron chi connectivity index (χ0n) is 10.7. The van der Waals surface area contributed by atoms with Crippen LogP contribution in [0.4, 0.5) is 0 Å². The highest BCUT2D eigenvalue weighted by molar-refractivity contribution is 5.59. The molecule has 0 saturated heterocycles. The highest BCUT2D eigenvalue weighted by Crippen LogP contribution is 2.23. The molecular formula is C15H10N4O. The van der Waals surface area contributed by atoms with Crippen molar-refractivity contribution in [1.82, 2.24) is 15.2 Å². The van der Waals surface area contributed by atoms with Crippen molar-refractivity contribution >= 4 is 0 Å². The van der Waals surface area contributed by atoms with E-state index in [9.17, 15) is 0 Å². The van der Waals surface area contributed by atoms with E-state index in [2.05, 4.69) is 21.3 Å². The summed E-state index contributed by atoms with van der Waals surface area (Å²) >= 11 is 0. The van der Waals surface area contributed by atoms with E-state index in [0.717, 1.165) is 16.8 Å². The first-order valence-corrected chi connectivity index (χ1v) is 6.03. The minimum Gasteiger partial charge on any atom is -0.416 e. The molecule has 1 aromatic carbocycles. The number of nitriles is 1. The van der Waals surface area contributed by atoms with Gasteiger partial charge in [-0.1, -0.05) is 6.07 Å². The zero-order valence-corrected chi connectivity index (χ0v) is 10.7. The van der Waals surface area contributed by atoms with E-state index in [-0.39, 0.29) is 0 Å². The van der Waals surface area contributed by atoms with Gasteiger partial charge in [0.15, 0.2) is 0 Å². The van der Waals surface area contributed by atoms with Crippen LogP contribution >= 0.6 is 0 Å². The summed E-state index contributed by atoms with van der Waals surface area (Å²) in [4.78, 5) is 4.19. The fraction of sp³-hybridized carbons (Fsp3) is 0.0667. The van der Waals surface area contributed by atoms with Gasteiger partial charge in [-0.15, -0.1) is 10.2 Å². The largest absolute Gasteiger partial charge is 0.416 e. The number of nitrogens with zero attached hydrogens (tertiary/aromatic N) is 4. The van der Waals surface area contributed by atoms with Gasteiger partial charge in [-0.3, -0.25) is 4.98 Å². The fourth-order valence-electron chi connectivity index (χ4n) is 1.77. The molecule has 0 radical (unpaired) electrons. The first-order chi connectivity index (χ1) is 9.76. The third-order valence-corrected chi connectivity index (χ3v) is 2.82. The topological polar surface area (TPSA) is 75.6 Å². The highest BCUT2D eigenvalue weighted by Gasteiger charge is 2.11. The van der Waals surface area contributed by atoms with Crippen molar-refractivity contribution in [2.45, 2.75) is 6.92 Å². The summed E-state index contributed by atoms with van der Waals surface area (Å²) in [5.74, 6) is 0.799. The molecule has 0 amide bonds. The van der Waals surface area contributed by atoms with Crippen LogP contribution in [-0.4, -0.2) is 15.2 Å². The van der Waals surface area contributed by atoms with Crippen LogP contribution in [0.15, 0.2) is 47.0 Å². The first-order valence-electron chi connectivity index (χ1n) is 6.03. The predicted octanol–water partition coefficient (Wildman–Crippen LogP) is 2.98.